The molecule has 4 aromatic rings. The van der Waals surface area contributed by atoms with Crippen molar-refractivity contribution < 1.29 is 23.9 Å². The Balaban J connectivity index is 1.19. The highest BCUT2D eigenvalue weighted by Crippen LogP contribution is 2.22. The number of anilines is 2. The highest BCUT2D eigenvalue weighted by atomic mass is 32.2. The average molecular weight is 634 g/mol. The van der Waals surface area contributed by atoms with Gasteiger partial charge in [-0.25, -0.2) is 0 Å². The Labute approximate surface area is 270 Å². The van der Waals surface area contributed by atoms with E-state index in [0.717, 1.165) is 4.90 Å². The van der Waals surface area contributed by atoms with Crippen molar-refractivity contribution in [1.29, 1.82) is 0 Å². The van der Waals surface area contributed by atoms with Gasteiger partial charge in [-0.15, -0.1) is 11.8 Å². The third-order valence-corrected chi connectivity index (χ3v) is 7.59. The minimum absolute atomic E-state index is 0.0144. The molecular weight excluding hydrogens is 602 g/mol. The molecule has 0 radical (unpaired) electrons. The molecule has 1 aliphatic rings. The Bertz CT molecular complexity index is 1760. The Morgan fingerprint density at radius 1 is 0.870 bits per heavy atom. The molecular formula is C35H31N5O5S. The van der Waals surface area contributed by atoms with Crippen molar-refractivity contribution in [2.24, 2.45) is 5.10 Å². The van der Waals surface area contributed by atoms with Crippen LogP contribution in [0.1, 0.15) is 29.3 Å². The normalized spacial score (nSPS) is 12.7. The number of ether oxygens (including phenoxy) is 1. The number of nitrogens with one attached hydrogen (secondary N) is 3. The summed E-state index contributed by atoms with van der Waals surface area (Å²) >= 11 is 1.30. The summed E-state index contributed by atoms with van der Waals surface area (Å²) in [4.78, 5) is 51.9. The van der Waals surface area contributed by atoms with Crippen LogP contribution in [0, 0.1) is 0 Å². The molecule has 0 fully saturated rings. The molecule has 1 aliphatic heterocycles. The second-order valence-corrected chi connectivity index (χ2v) is 11.0. The predicted molar refractivity (Wildman–Crippen MR) is 179 cm³/mol. The molecule has 4 amide bonds. The zero-order valence-electron chi connectivity index (χ0n) is 24.9. The van der Waals surface area contributed by atoms with Crippen molar-refractivity contribution in [2.45, 2.75) is 18.2 Å². The Kier molecular flexibility index (Phi) is 10.6. The largest absolute Gasteiger partial charge is 0.494 e. The first-order valence-electron chi connectivity index (χ1n) is 14.5. The summed E-state index contributed by atoms with van der Waals surface area (Å²) < 4.78 is 5.49. The first kappa shape index (κ1) is 31.7. The number of hydrogen-bond acceptors (Lipinski definition) is 7. The van der Waals surface area contributed by atoms with Crippen LogP contribution in [0.4, 0.5) is 11.4 Å². The SMILES string of the molecule is CCOc1ccc(/C=C(\NC(=O)c2ccccc2)C(=O)Nc2ccc(SCC(=O)NC3=NN(c4ccccc4)C(=O)C3)cc2)cc1. The zero-order valence-corrected chi connectivity index (χ0v) is 25.8. The first-order valence-corrected chi connectivity index (χ1v) is 15.5. The molecule has 0 unspecified atom stereocenters. The van der Waals surface area contributed by atoms with Gasteiger partial charge in [-0.1, -0.05) is 48.5 Å². The maximum absolute atomic E-state index is 13.3. The van der Waals surface area contributed by atoms with Gasteiger partial charge in [0.1, 0.15) is 17.3 Å². The van der Waals surface area contributed by atoms with Crippen LogP contribution in [-0.2, 0) is 14.4 Å². The van der Waals surface area contributed by atoms with Gasteiger partial charge >= 0.3 is 0 Å². The molecule has 3 N–H and O–H groups in total. The topological polar surface area (TPSA) is 129 Å². The van der Waals surface area contributed by atoms with Gasteiger partial charge in [0.05, 0.1) is 24.5 Å². The maximum atomic E-state index is 13.3. The number of hydrogen-bond donors (Lipinski definition) is 3. The second-order valence-electron chi connectivity index (χ2n) is 9.96. The predicted octanol–water partition coefficient (Wildman–Crippen LogP) is 5.45. The summed E-state index contributed by atoms with van der Waals surface area (Å²) in [6.07, 6.45) is 1.61. The number of hydrazone groups is 1. The van der Waals surface area contributed by atoms with Gasteiger partial charge < -0.3 is 20.7 Å². The molecule has 0 saturated carbocycles. The van der Waals surface area contributed by atoms with E-state index in [4.69, 9.17) is 4.74 Å². The van der Waals surface area contributed by atoms with Crippen molar-refractivity contribution in [3.63, 3.8) is 0 Å². The molecule has 232 valence electrons. The lowest BCUT2D eigenvalue weighted by Crippen LogP contribution is -2.31. The number of para-hydroxylation sites is 1. The number of thioether (sulfide) groups is 1. The summed E-state index contributed by atoms with van der Waals surface area (Å²) in [5, 5.41) is 13.8. The molecule has 4 aromatic carbocycles. The minimum atomic E-state index is -0.505. The number of carbonyl (C=O) groups excluding carboxylic acids is 4. The van der Waals surface area contributed by atoms with E-state index in [1.165, 1.54) is 16.8 Å². The van der Waals surface area contributed by atoms with Crippen molar-refractivity contribution in [3.05, 3.63) is 126 Å². The lowest BCUT2D eigenvalue weighted by Gasteiger charge is -2.12. The average Bonchev–Trinajstić information content (AvgIpc) is 3.45. The van der Waals surface area contributed by atoms with Crippen LogP contribution in [-0.4, -0.2) is 41.8 Å². The number of carbonyl (C=O) groups is 4. The third kappa shape index (κ3) is 8.70. The first-order chi connectivity index (χ1) is 22.4. The number of amides is 4. The van der Waals surface area contributed by atoms with Crippen LogP contribution >= 0.6 is 11.8 Å². The summed E-state index contributed by atoms with van der Waals surface area (Å²) in [5.41, 5.74) is 2.32. The maximum Gasteiger partial charge on any atom is 0.272 e. The van der Waals surface area contributed by atoms with Crippen molar-refractivity contribution >= 4 is 58.7 Å². The molecule has 0 atom stereocenters. The third-order valence-electron chi connectivity index (χ3n) is 6.57. The van der Waals surface area contributed by atoms with E-state index < -0.39 is 11.8 Å². The fraction of sp³-hybridized carbons (Fsp3) is 0.114. The van der Waals surface area contributed by atoms with Crippen LogP contribution < -0.4 is 25.7 Å². The molecule has 11 heteroatoms. The smallest absolute Gasteiger partial charge is 0.272 e. The number of benzene rings is 4. The molecule has 0 saturated heterocycles. The van der Waals surface area contributed by atoms with Gasteiger partial charge in [-0.3, -0.25) is 19.2 Å². The van der Waals surface area contributed by atoms with Gasteiger partial charge in [-0.05, 0) is 79.2 Å². The van der Waals surface area contributed by atoms with E-state index >= 15 is 0 Å². The Morgan fingerprint density at radius 2 is 1.54 bits per heavy atom. The van der Waals surface area contributed by atoms with E-state index in [9.17, 15) is 19.2 Å². The lowest BCUT2D eigenvalue weighted by atomic mass is 10.1. The molecule has 5 rings (SSSR count). The number of rotatable bonds is 11. The highest BCUT2D eigenvalue weighted by molar-refractivity contribution is 8.00. The van der Waals surface area contributed by atoms with Crippen LogP contribution in [0.3, 0.4) is 0 Å². The Morgan fingerprint density at radius 3 is 2.22 bits per heavy atom. The van der Waals surface area contributed by atoms with Crippen LogP contribution in [0.15, 0.2) is 125 Å². The molecule has 1 heterocycles. The van der Waals surface area contributed by atoms with E-state index in [1.807, 2.05) is 25.1 Å². The van der Waals surface area contributed by atoms with E-state index in [0.29, 0.717) is 40.7 Å². The van der Waals surface area contributed by atoms with Gasteiger partial charge in [-0.2, -0.15) is 10.1 Å². The summed E-state index contributed by atoms with van der Waals surface area (Å²) in [5.74, 6) is -0.332. The van der Waals surface area contributed by atoms with Crippen LogP contribution in [0.25, 0.3) is 6.08 Å². The molecule has 0 spiro atoms. The van der Waals surface area contributed by atoms with Gasteiger partial charge in [0.25, 0.3) is 17.7 Å². The summed E-state index contributed by atoms with van der Waals surface area (Å²) in [6, 6.07) is 31.8. The second kappa shape index (κ2) is 15.4. The quantitative estimate of drug-likeness (QED) is 0.149. The Hall–Kier alpha value is -5.68. The fourth-order valence-corrected chi connectivity index (χ4v) is 5.08. The fourth-order valence-electron chi connectivity index (χ4n) is 4.38. The van der Waals surface area contributed by atoms with Crippen LogP contribution in [0.5, 0.6) is 5.75 Å². The number of amidine groups is 1. The van der Waals surface area contributed by atoms with Crippen molar-refractivity contribution in [2.75, 3.05) is 22.7 Å². The molecule has 46 heavy (non-hydrogen) atoms. The molecule has 0 aromatic heterocycles. The highest BCUT2D eigenvalue weighted by Gasteiger charge is 2.26. The van der Waals surface area contributed by atoms with Gasteiger partial charge in [0.15, 0.2) is 0 Å². The molecule has 10 nitrogen and oxygen atoms in total. The number of nitrogens with zero attached hydrogens (tertiary/aromatic N) is 2. The van der Waals surface area contributed by atoms with E-state index in [2.05, 4.69) is 21.1 Å². The lowest BCUT2D eigenvalue weighted by molar-refractivity contribution is -0.117. The summed E-state index contributed by atoms with van der Waals surface area (Å²) in [7, 11) is 0. The monoisotopic (exact) mass is 633 g/mol. The van der Waals surface area contributed by atoms with Gasteiger partial charge in [0, 0.05) is 16.1 Å². The van der Waals surface area contributed by atoms with E-state index in [-0.39, 0.29) is 29.7 Å². The summed E-state index contributed by atoms with van der Waals surface area (Å²) in [6.45, 7) is 2.43. The molecule has 0 aliphatic carbocycles. The van der Waals surface area contributed by atoms with Gasteiger partial charge in [0.2, 0.25) is 5.91 Å². The standard InChI is InChI=1S/C35H31N5O5S/c1-2-45-28-17-13-24(14-18-28)21-30(37-34(43)25-9-5-3-6-10-25)35(44)36-26-15-19-29(20-16-26)46-23-32(41)38-31-22-33(42)40(39-31)27-11-7-4-8-12-27/h3-21H,2,22-23H2,1H3,(H,36,44)(H,37,43)(H,38,39,41)/b30-21-. The van der Waals surface area contributed by atoms with Crippen molar-refractivity contribution in [1.82, 2.24) is 10.6 Å². The van der Waals surface area contributed by atoms with Crippen molar-refractivity contribution in [3.8, 4) is 5.75 Å². The van der Waals surface area contributed by atoms with Crippen LogP contribution in [0.2, 0.25) is 0 Å². The minimum Gasteiger partial charge on any atom is -0.494 e. The molecule has 0 bridgehead atoms. The zero-order chi connectivity index (χ0) is 32.3. The van der Waals surface area contributed by atoms with E-state index in [1.54, 1.807) is 97.1 Å².